The van der Waals surface area contributed by atoms with E-state index >= 15 is 0 Å². The van der Waals surface area contributed by atoms with Crippen molar-refractivity contribution in [2.24, 2.45) is 5.73 Å². The second-order valence-electron chi connectivity index (χ2n) is 7.04. The zero-order chi connectivity index (χ0) is 24.0. The lowest BCUT2D eigenvalue weighted by Crippen LogP contribution is -2.51. The van der Waals surface area contributed by atoms with Gasteiger partial charge in [-0.05, 0) is 47.5 Å². The number of urea groups is 1. The van der Waals surface area contributed by atoms with Gasteiger partial charge in [0, 0.05) is 18.1 Å². The molecule has 8 nitrogen and oxygen atoms in total. The molecule has 0 saturated heterocycles. The van der Waals surface area contributed by atoms with Gasteiger partial charge in [-0.15, -0.1) is 4.41 Å². The van der Waals surface area contributed by atoms with Crippen LogP contribution in [-0.4, -0.2) is 37.0 Å². The first-order valence-electron chi connectivity index (χ1n) is 9.78. The Balaban J connectivity index is 2.01. The standard InChI is InChI=1S/C23H22ClN3O5S/c1-32-22(28)19-9-7-18(8-10-19)16-26(15-17-5-3-2-4-6-17)27(23(25)29)33(30,31)21-13-11-20(24)12-14-21/h2-14H,15-16H2,1H3,(H2,25,29). The monoisotopic (exact) mass is 487 g/mol. The van der Waals surface area contributed by atoms with E-state index in [4.69, 9.17) is 22.1 Å². The van der Waals surface area contributed by atoms with Crippen molar-refractivity contribution in [1.29, 1.82) is 0 Å². The Hall–Kier alpha value is -3.40. The molecule has 0 bridgehead atoms. The van der Waals surface area contributed by atoms with Crippen molar-refractivity contribution in [2.75, 3.05) is 7.11 Å². The van der Waals surface area contributed by atoms with Gasteiger partial charge < -0.3 is 10.5 Å². The second-order valence-corrected chi connectivity index (χ2v) is 9.24. The largest absolute Gasteiger partial charge is 0.465 e. The Morgan fingerprint density at radius 1 is 0.879 bits per heavy atom. The van der Waals surface area contributed by atoms with Gasteiger partial charge in [0.1, 0.15) is 0 Å². The van der Waals surface area contributed by atoms with Gasteiger partial charge in [-0.3, -0.25) is 0 Å². The summed E-state index contributed by atoms with van der Waals surface area (Å²) in [4.78, 5) is 24.0. The highest BCUT2D eigenvalue weighted by atomic mass is 35.5. The molecule has 0 aromatic heterocycles. The average molecular weight is 488 g/mol. The third-order valence-electron chi connectivity index (χ3n) is 4.73. The molecule has 0 radical (unpaired) electrons. The zero-order valence-corrected chi connectivity index (χ0v) is 19.3. The fraction of sp³-hybridized carbons (Fsp3) is 0.130. The maximum absolute atomic E-state index is 13.4. The van der Waals surface area contributed by atoms with E-state index in [0.717, 1.165) is 5.56 Å². The van der Waals surface area contributed by atoms with Gasteiger partial charge in [0.2, 0.25) is 0 Å². The van der Waals surface area contributed by atoms with Crippen molar-refractivity contribution in [2.45, 2.75) is 18.0 Å². The summed E-state index contributed by atoms with van der Waals surface area (Å²) >= 11 is 5.88. The number of hydrazine groups is 1. The van der Waals surface area contributed by atoms with Crippen molar-refractivity contribution in [3.05, 3.63) is 101 Å². The van der Waals surface area contributed by atoms with Crippen LogP contribution in [0.15, 0.2) is 83.8 Å². The minimum absolute atomic E-state index is 0.0199. The predicted octanol–water partition coefficient (Wildman–Crippen LogP) is 3.81. The topological polar surface area (TPSA) is 110 Å². The Kier molecular flexibility index (Phi) is 7.70. The molecule has 0 aliphatic carbocycles. The molecule has 0 aliphatic heterocycles. The number of sulfonamides is 1. The van der Waals surface area contributed by atoms with Crippen LogP contribution in [0.1, 0.15) is 21.5 Å². The summed E-state index contributed by atoms with van der Waals surface area (Å²) in [7, 11) is -3.05. The molecule has 3 aromatic rings. The van der Waals surface area contributed by atoms with E-state index in [1.165, 1.54) is 36.4 Å². The van der Waals surface area contributed by atoms with Crippen LogP contribution < -0.4 is 5.73 Å². The first kappa shape index (κ1) is 24.2. The predicted molar refractivity (Wildman–Crippen MR) is 124 cm³/mol. The highest BCUT2D eigenvalue weighted by Gasteiger charge is 2.33. The van der Waals surface area contributed by atoms with Crippen LogP contribution in [0.2, 0.25) is 5.02 Å². The van der Waals surface area contributed by atoms with Crippen molar-refractivity contribution in [1.82, 2.24) is 9.42 Å². The quantitative estimate of drug-likeness (QED) is 0.382. The summed E-state index contributed by atoms with van der Waals surface area (Å²) in [6, 6.07) is 19.8. The lowest BCUT2D eigenvalue weighted by Gasteiger charge is -2.33. The highest BCUT2D eigenvalue weighted by Crippen LogP contribution is 2.23. The number of carbonyl (C=O) groups is 2. The normalized spacial score (nSPS) is 11.2. The maximum Gasteiger partial charge on any atom is 0.343 e. The fourth-order valence-corrected chi connectivity index (χ4v) is 4.63. The van der Waals surface area contributed by atoms with Crippen LogP contribution in [0.25, 0.3) is 0 Å². The van der Waals surface area contributed by atoms with Crippen LogP contribution in [0, 0.1) is 0 Å². The number of primary amides is 1. The molecule has 0 spiro atoms. The molecule has 0 aliphatic rings. The summed E-state index contributed by atoms with van der Waals surface area (Å²) < 4.78 is 32.0. The molecule has 33 heavy (non-hydrogen) atoms. The Labute approximate surface area is 197 Å². The van der Waals surface area contributed by atoms with Gasteiger partial charge in [-0.1, -0.05) is 54.1 Å². The fourth-order valence-electron chi connectivity index (χ4n) is 3.17. The molecular weight excluding hydrogens is 466 g/mol. The molecule has 3 rings (SSSR count). The molecule has 10 heteroatoms. The molecule has 0 fully saturated rings. The Bertz CT molecular complexity index is 1220. The number of rotatable bonds is 8. The van der Waals surface area contributed by atoms with E-state index in [0.29, 0.717) is 20.6 Å². The lowest BCUT2D eigenvalue weighted by atomic mass is 10.1. The lowest BCUT2D eigenvalue weighted by molar-refractivity contribution is 0.0600. The van der Waals surface area contributed by atoms with Gasteiger partial charge in [0.05, 0.1) is 17.6 Å². The molecule has 0 saturated carbocycles. The number of benzene rings is 3. The van der Waals surface area contributed by atoms with E-state index in [2.05, 4.69) is 0 Å². The number of nitrogens with zero attached hydrogens (tertiary/aromatic N) is 2. The Morgan fingerprint density at radius 3 is 1.94 bits per heavy atom. The van der Waals surface area contributed by atoms with Crippen LogP contribution in [0.4, 0.5) is 4.79 Å². The number of hydrogen-bond donors (Lipinski definition) is 1. The molecular formula is C23H22ClN3O5S. The number of ether oxygens (including phenoxy) is 1. The zero-order valence-electron chi connectivity index (χ0n) is 17.7. The van der Waals surface area contributed by atoms with Gasteiger partial charge in [-0.2, -0.15) is 13.4 Å². The van der Waals surface area contributed by atoms with Crippen LogP contribution in [-0.2, 0) is 27.8 Å². The second kappa shape index (κ2) is 10.5. The summed E-state index contributed by atoms with van der Waals surface area (Å²) in [5.41, 5.74) is 7.32. The minimum atomic E-state index is -4.33. The van der Waals surface area contributed by atoms with E-state index in [1.54, 1.807) is 48.5 Å². The number of esters is 1. The summed E-state index contributed by atoms with van der Waals surface area (Å²) in [6.45, 7) is 0.0987. The first-order valence-corrected chi connectivity index (χ1v) is 11.6. The third-order valence-corrected chi connectivity index (χ3v) is 6.72. The molecule has 0 atom stereocenters. The number of nitrogens with two attached hydrogens (primary N) is 1. The summed E-state index contributed by atoms with van der Waals surface area (Å²) in [6.07, 6.45) is 0. The van der Waals surface area contributed by atoms with Crippen molar-refractivity contribution >= 4 is 33.6 Å². The SMILES string of the molecule is COC(=O)c1ccc(CN(Cc2ccccc2)N(C(N)=O)S(=O)(=O)c2ccc(Cl)cc2)cc1. The molecule has 2 amide bonds. The van der Waals surface area contributed by atoms with E-state index in [9.17, 15) is 18.0 Å². The average Bonchev–Trinajstić information content (AvgIpc) is 2.79. The van der Waals surface area contributed by atoms with Gasteiger partial charge in [0.15, 0.2) is 0 Å². The molecule has 0 heterocycles. The van der Waals surface area contributed by atoms with Crippen molar-refractivity contribution < 1.29 is 22.7 Å². The summed E-state index contributed by atoms with van der Waals surface area (Å²) in [5.74, 6) is -0.494. The number of amides is 2. The Morgan fingerprint density at radius 2 is 1.42 bits per heavy atom. The van der Waals surface area contributed by atoms with Crippen LogP contribution in [0.5, 0.6) is 0 Å². The minimum Gasteiger partial charge on any atom is -0.465 e. The van der Waals surface area contributed by atoms with E-state index in [-0.39, 0.29) is 18.0 Å². The number of hydrogen-bond acceptors (Lipinski definition) is 6. The third kappa shape index (κ3) is 5.89. The van der Waals surface area contributed by atoms with Crippen LogP contribution >= 0.6 is 11.6 Å². The molecule has 0 unspecified atom stereocenters. The van der Waals surface area contributed by atoms with Gasteiger partial charge in [0.25, 0.3) is 10.0 Å². The highest BCUT2D eigenvalue weighted by molar-refractivity contribution is 7.89. The molecule has 172 valence electrons. The number of methoxy groups -OCH3 is 1. The maximum atomic E-state index is 13.4. The van der Waals surface area contributed by atoms with Crippen molar-refractivity contribution in [3.63, 3.8) is 0 Å². The van der Waals surface area contributed by atoms with Crippen LogP contribution in [0.3, 0.4) is 0 Å². The number of carbonyl (C=O) groups excluding carboxylic acids is 2. The van der Waals surface area contributed by atoms with Gasteiger partial charge in [-0.25, -0.2) is 9.59 Å². The molecule has 3 aromatic carbocycles. The first-order chi connectivity index (χ1) is 15.7. The summed E-state index contributed by atoms with van der Waals surface area (Å²) in [5, 5.41) is 1.68. The smallest absolute Gasteiger partial charge is 0.343 e. The van der Waals surface area contributed by atoms with Crippen molar-refractivity contribution in [3.8, 4) is 0 Å². The van der Waals surface area contributed by atoms with E-state index < -0.39 is 22.0 Å². The number of halogens is 1. The van der Waals surface area contributed by atoms with E-state index in [1.807, 2.05) is 6.07 Å². The molecule has 2 N–H and O–H groups in total. The van der Waals surface area contributed by atoms with Gasteiger partial charge >= 0.3 is 12.0 Å².